The fourth-order valence-electron chi connectivity index (χ4n) is 2.75. The number of hydrogen-bond acceptors (Lipinski definition) is 6. The molecule has 0 saturated carbocycles. The first-order valence-corrected chi connectivity index (χ1v) is 9.04. The third-order valence-electron chi connectivity index (χ3n) is 4.23. The van der Waals surface area contributed by atoms with E-state index < -0.39 is 23.4 Å². The monoisotopic (exact) mass is 388 g/mol. The Hall–Kier alpha value is -3.23. The molecular weight excluding hydrogens is 364 g/mol. The van der Waals surface area contributed by atoms with Crippen LogP contribution < -0.4 is 5.32 Å². The summed E-state index contributed by atoms with van der Waals surface area (Å²) in [6.07, 6.45) is 3.22. The molecule has 0 spiro atoms. The van der Waals surface area contributed by atoms with Crippen LogP contribution in [0, 0.1) is 24.0 Å². The number of unbranched alkanes of at least 4 members (excludes halogenated alkanes) is 1. The Kier molecular flexibility index (Phi) is 7.25. The van der Waals surface area contributed by atoms with Crippen molar-refractivity contribution < 1.29 is 19.2 Å². The van der Waals surface area contributed by atoms with Crippen LogP contribution in [0.15, 0.2) is 24.3 Å². The molecule has 0 atom stereocenters. The van der Waals surface area contributed by atoms with Crippen LogP contribution in [0.2, 0.25) is 0 Å². The smallest absolute Gasteiger partial charge is 0.328 e. The number of nitro groups is 1. The second-order valence-corrected chi connectivity index (χ2v) is 6.44. The van der Waals surface area contributed by atoms with Gasteiger partial charge in [0.1, 0.15) is 17.9 Å². The number of carbonyl (C=O) groups is 2. The average Bonchev–Trinajstić information content (AvgIpc) is 2.92. The van der Waals surface area contributed by atoms with Crippen molar-refractivity contribution in [3.63, 3.8) is 0 Å². The molecule has 2 aromatic rings. The molecular formula is C19H24N4O5. The topological polar surface area (TPSA) is 116 Å². The molecule has 0 aliphatic rings. The van der Waals surface area contributed by atoms with Crippen LogP contribution in [0.5, 0.6) is 0 Å². The molecule has 0 aliphatic heterocycles. The lowest BCUT2D eigenvalue weighted by molar-refractivity contribution is -0.386. The first-order chi connectivity index (χ1) is 13.3. The van der Waals surface area contributed by atoms with Gasteiger partial charge in [-0.3, -0.25) is 24.4 Å². The third-order valence-corrected chi connectivity index (χ3v) is 4.23. The van der Waals surface area contributed by atoms with Crippen LogP contribution in [-0.2, 0) is 27.3 Å². The number of rotatable bonds is 9. The number of esters is 1. The van der Waals surface area contributed by atoms with Crippen molar-refractivity contribution in [1.82, 2.24) is 9.78 Å². The zero-order chi connectivity index (χ0) is 20.7. The van der Waals surface area contributed by atoms with Gasteiger partial charge < -0.3 is 10.1 Å². The Balaban J connectivity index is 1.83. The van der Waals surface area contributed by atoms with Gasteiger partial charge >= 0.3 is 11.7 Å². The SMILES string of the molecule is CCCCc1ccc(NC(=O)COC(=O)Cn2nc(C)c([N+](=O)[O-])c2C)cc1. The lowest BCUT2D eigenvalue weighted by Gasteiger charge is -2.08. The molecule has 2 rings (SSSR count). The van der Waals surface area contributed by atoms with Crippen molar-refractivity contribution in [2.45, 2.75) is 46.6 Å². The van der Waals surface area contributed by atoms with Crippen molar-refractivity contribution in [3.8, 4) is 0 Å². The summed E-state index contributed by atoms with van der Waals surface area (Å²) in [5.74, 6) is -1.17. The molecule has 1 aromatic heterocycles. The van der Waals surface area contributed by atoms with Gasteiger partial charge in [-0.25, -0.2) is 0 Å². The van der Waals surface area contributed by atoms with Crippen molar-refractivity contribution >= 4 is 23.3 Å². The summed E-state index contributed by atoms with van der Waals surface area (Å²) >= 11 is 0. The van der Waals surface area contributed by atoms with Gasteiger partial charge in [0.05, 0.1) is 4.92 Å². The lowest BCUT2D eigenvalue weighted by Crippen LogP contribution is -2.23. The maximum absolute atomic E-state index is 11.9. The van der Waals surface area contributed by atoms with E-state index in [1.807, 2.05) is 12.1 Å². The highest BCUT2D eigenvalue weighted by molar-refractivity contribution is 5.92. The molecule has 1 heterocycles. The van der Waals surface area contributed by atoms with Crippen LogP contribution >= 0.6 is 0 Å². The van der Waals surface area contributed by atoms with Crippen LogP contribution in [0.1, 0.15) is 36.7 Å². The van der Waals surface area contributed by atoms with Crippen molar-refractivity contribution in [2.75, 3.05) is 11.9 Å². The minimum Gasteiger partial charge on any atom is -0.454 e. The van der Waals surface area contributed by atoms with Gasteiger partial charge in [0.25, 0.3) is 5.91 Å². The zero-order valence-electron chi connectivity index (χ0n) is 16.2. The first-order valence-electron chi connectivity index (χ1n) is 9.04. The van der Waals surface area contributed by atoms with Gasteiger partial charge in [-0.2, -0.15) is 5.10 Å². The number of aryl methyl sites for hydroxylation is 2. The zero-order valence-corrected chi connectivity index (χ0v) is 16.2. The highest BCUT2D eigenvalue weighted by Crippen LogP contribution is 2.21. The van der Waals surface area contributed by atoms with E-state index in [0.717, 1.165) is 19.3 Å². The third kappa shape index (κ3) is 5.63. The van der Waals surface area contributed by atoms with Crippen LogP contribution in [0.4, 0.5) is 11.4 Å². The molecule has 0 saturated heterocycles. The Morgan fingerprint density at radius 1 is 1.25 bits per heavy atom. The largest absolute Gasteiger partial charge is 0.454 e. The summed E-state index contributed by atoms with van der Waals surface area (Å²) in [6.45, 7) is 4.37. The highest BCUT2D eigenvalue weighted by atomic mass is 16.6. The Labute approximate surface area is 162 Å². The van der Waals surface area contributed by atoms with Crippen molar-refractivity contribution in [3.05, 3.63) is 51.3 Å². The maximum atomic E-state index is 11.9. The van der Waals surface area contributed by atoms with Gasteiger partial charge in [0.15, 0.2) is 6.61 Å². The number of anilines is 1. The molecule has 0 unspecified atom stereocenters. The van der Waals surface area contributed by atoms with E-state index in [2.05, 4.69) is 17.3 Å². The predicted molar refractivity (Wildman–Crippen MR) is 103 cm³/mol. The maximum Gasteiger partial charge on any atom is 0.328 e. The van der Waals surface area contributed by atoms with Crippen LogP contribution in [0.3, 0.4) is 0 Å². The van der Waals surface area contributed by atoms with Gasteiger partial charge in [-0.1, -0.05) is 25.5 Å². The average molecular weight is 388 g/mol. The Morgan fingerprint density at radius 3 is 2.50 bits per heavy atom. The number of nitrogens with one attached hydrogen (secondary N) is 1. The van der Waals surface area contributed by atoms with Crippen molar-refractivity contribution in [1.29, 1.82) is 0 Å². The summed E-state index contributed by atoms with van der Waals surface area (Å²) in [7, 11) is 0. The van der Waals surface area contributed by atoms with Gasteiger partial charge in [0, 0.05) is 5.69 Å². The minimum absolute atomic E-state index is 0.132. The number of aromatic nitrogens is 2. The standard InChI is InChI=1S/C19H24N4O5/c1-4-5-6-15-7-9-16(10-8-15)20-17(24)12-28-18(25)11-22-14(3)19(23(26)27)13(2)21-22/h7-10H,4-6,11-12H2,1-3H3,(H,20,24). The van der Waals surface area contributed by atoms with E-state index in [-0.39, 0.29) is 23.6 Å². The van der Waals surface area contributed by atoms with Gasteiger partial charge in [0.2, 0.25) is 0 Å². The number of amides is 1. The Morgan fingerprint density at radius 2 is 1.93 bits per heavy atom. The Bertz CT molecular complexity index is 858. The van der Waals surface area contributed by atoms with Gasteiger partial charge in [-0.15, -0.1) is 0 Å². The number of nitrogens with zero attached hydrogens (tertiary/aromatic N) is 3. The number of benzene rings is 1. The normalized spacial score (nSPS) is 10.5. The molecule has 0 fully saturated rings. The van der Waals surface area contributed by atoms with Gasteiger partial charge in [-0.05, 0) is 44.4 Å². The number of hydrogen-bond donors (Lipinski definition) is 1. The summed E-state index contributed by atoms with van der Waals surface area (Å²) < 4.78 is 6.14. The first kappa shape index (κ1) is 21.1. The number of ether oxygens (including phenoxy) is 1. The van der Waals surface area contributed by atoms with E-state index in [9.17, 15) is 19.7 Å². The van der Waals surface area contributed by atoms with Crippen LogP contribution in [0.25, 0.3) is 0 Å². The molecule has 9 heteroatoms. The minimum atomic E-state index is -0.703. The van der Waals surface area contributed by atoms with Crippen molar-refractivity contribution in [2.24, 2.45) is 0 Å². The summed E-state index contributed by atoms with van der Waals surface area (Å²) in [6, 6.07) is 7.51. The predicted octanol–water partition coefficient (Wildman–Crippen LogP) is 2.93. The lowest BCUT2D eigenvalue weighted by atomic mass is 10.1. The number of carbonyl (C=O) groups excluding carboxylic acids is 2. The second-order valence-electron chi connectivity index (χ2n) is 6.44. The summed E-state index contributed by atoms with van der Waals surface area (Å²) in [4.78, 5) is 34.3. The molecule has 150 valence electrons. The molecule has 0 aliphatic carbocycles. The van der Waals surface area contributed by atoms with E-state index >= 15 is 0 Å². The second kappa shape index (κ2) is 9.63. The molecule has 1 amide bonds. The molecule has 1 N–H and O–H groups in total. The van der Waals surface area contributed by atoms with E-state index in [1.165, 1.54) is 24.1 Å². The molecule has 9 nitrogen and oxygen atoms in total. The molecule has 28 heavy (non-hydrogen) atoms. The van der Waals surface area contributed by atoms with E-state index in [4.69, 9.17) is 4.74 Å². The fraction of sp³-hybridized carbons (Fsp3) is 0.421. The van der Waals surface area contributed by atoms with E-state index in [1.54, 1.807) is 12.1 Å². The molecule has 0 bridgehead atoms. The summed E-state index contributed by atoms with van der Waals surface area (Å²) in [5, 5.41) is 17.6. The quantitative estimate of drug-likeness (QED) is 0.401. The van der Waals surface area contributed by atoms with E-state index in [0.29, 0.717) is 5.69 Å². The van der Waals surface area contributed by atoms with Crippen LogP contribution in [-0.4, -0.2) is 33.2 Å². The molecule has 1 aromatic carbocycles. The fourth-order valence-corrected chi connectivity index (χ4v) is 2.75. The highest BCUT2D eigenvalue weighted by Gasteiger charge is 2.23. The summed E-state index contributed by atoms with van der Waals surface area (Å²) in [5.41, 5.74) is 2.16. The molecule has 0 radical (unpaired) electrons.